The summed E-state index contributed by atoms with van der Waals surface area (Å²) in [7, 11) is 4.31. The minimum atomic E-state index is 0.360. The van der Waals surface area contributed by atoms with Gasteiger partial charge in [-0.15, -0.1) is 10.2 Å². The number of likely N-dealkylation sites (tertiary alicyclic amines) is 1. The van der Waals surface area contributed by atoms with Gasteiger partial charge >= 0.3 is 0 Å². The van der Waals surface area contributed by atoms with Crippen molar-refractivity contribution in [2.45, 2.75) is 57.7 Å². The number of aromatic nitrogens is 6. The van der Waals surface area contributed by atoms with Crippen LogP contribution in [0.3, 0.4) is 0 Å². The SMILES string of the molecule is CN(Cc1nnc(CC2CCN(Cc3ncc[nH]3)CC2)n1C)C1CCCc2cccnc21. The molecule has 1 unspecified atom stereocenters. The number of H-pyrrole nitrogens is 1. The quantitative estimate of drug-likeness (QED) is 0.616. The molecule has 1 atom stereocenters. The van der Waals surface area contributed by atoms with Crippen LogP contribution in [0, 0.1) is 5.92 Å². The van der Waals surface area contributed by atoms with Crippen molar-refractivity contribution in [3.8, 4) is 0 Å². The van der Waals surface area contributed by atoms with Crippen LogP contribution in [-0.2, 0) is 33.0 Å². The number of nitrogens with zero attached hydrogens (tertiary/aromatic N) is 7. The van der Waals surface area contributed by atoms with Gasteiger partial charge in [-0.05, 0) is 69.8 Å². The first kappa shape index (κ1) is 21.3. The summed E-state index contributed by atoms with van der Waals surface area (Å²) in [5.41, 5.74) is 2.64. The van der Waals surface area contributed by atoms with Gasteiger partial charge in [-0.3, -0.25) is 14.8 Å². The van der Waals surface area contributed by atoms with Gasteiger partial charge in [0, 0.05) is 32.1 Å². The first-order valence-corrected chi connectivity index (χ1v) is 11.9. The van der Waals surface area contributed by atoms with Crippen molar-refractivity contribution in [3.05, 3.63) is 59.5 Å². The van der Waals surface area contributed by atoms with Crippen molar-refractivity contribution < 1.29 is 0 Å². The number of pyridine rings is 1. The van der Waals surface area contributed by atoms with Gasteiger partial charge in [0.1, 0.15) is 17.5 Å². The molecule has 8 heteroatoms. The summed E-state index contributed by atoms with van der Waals surface area (Å²) in [6, 6.07) is 4.64. The molecule has 2 aliphatic rings. The highest BCUT2D eigenvalue weighted by molar-refractivity contribution is 5.25. The summed E-state index contributed by atoms with van der Waals surface area (Å²) in [6.07, 6.45) is 12.6. The molecule has 4 heterocycles. The molecular weight excluding hydrogens is 400 g/mol. The maximum Gasteiger partial charge on any atom is 0.146 e. The fourth-order valence-corrected chi connectivity index (χ4v) is 5.26. The van der Waals surface area contributed by atoms with Crippen LogP contribution in [0.15, 0.2) is 30.7 Å². The molecule has 32 heavy (non-hydrogen) atoms. The van der Waals surface area contributed by atoms with Crippen LogP contribution in [0.25, 0.3) is 0 Å². The third kappa shape index (κ3) is 4.61. The third-order valence-corrected chi connectivity index (χ3v) is 7.25. The smallest absolute Gasteiger partial charge is 0.146 e. The van der Waals surface area contributed by atoms with E-state index >= 15 is 0 Å². The first-order valence-electron chi connectivity index (χ1n) is 11.9. The van der Waals surface area contributed by atoms with Gasteiger partial charge in [-0.1, -0.05) is 6.07 Å². The molecule has 1 fully saturated rings. The lowest BCUT2D eigenvalue weighted by atomic mass is 9.91. The number of aryl methyl sites for hydroxylation is 1. The molecule has 3 aromatic rings. The molecule has 1 saturated heterocycles. The number of fused-ring (bicyclic) bond motifs is 1. The van der Waals surface area contributed by atoms with Crippen LogP contribution in [0.5, 0.6) is 0 Å². The first-order chi connectivity index (χ1) is 15.7. The summed E-state index contributed by atoms with van der Waals surface area (Å²) >= 11 is 0. The number of nitrogens with one attached hydrogen (secondary N) is 1. The van der Waals surface area contributed by atoms with E-state index in [2.05, 4.69) is 60.8 Å². The van der Waals surface area contributed by atoms with Gasteiger partial charge in [0.05, 0.1) is 24.8 Å². The maximum absolute atomic E-state index is 4.70. The predicted molar refractivity (Wildman–Crippen MR) is 123 cm³/mol. The molecule has 1 aliphatic carbocycles. The Morgan fingerprint density at radius 3 is 2.75 bits per heavy atom. The fourth-order valence-electron chi connectivity index (χ4n) is 5.26. The highest BCUT2D eigenvalue weighted by Gasteiger charge is 2.27. The van der Waals surface area contributed by atoms with Gasteiger partial charge in [0.2, 0.25) is 0 Å². The molecule has 1 N–H and O–H groups in total. The Labute approximate surface area is 190 Å². The fraction of sp³-hybridized carbons (Fsp3) is 0.583. The molecule has 0 bridgehead atoms. The molecule has 0 spiro atoms. The van der Waals surface area contributed by atoms with E-state index in [4.69, 9.17) is 4.98 Å². The summed E-state index contributed by atoms with van der Waals surface area (Å²) in [5.74, 6) is 3.88. The summed E-state index contributed by atoms with van der Waals surface area (Å²) in [6.45, 7) is 3.95. The summed E-state index contributed by atoms with van der Waals surface area (Å²) in [4.78, 5) is 17.1. The Morgan fingerprint density at radius 2 is 1.94 bits per heavy atom. The molecule has 5 rings (SSSR count). The Morgan fingerprint density at radius 1 is 1.09 bits per heavy atom. The van der Waals surface area contributed by atoms with E-state index in [0.29, 0.717) is 12.0 Å². The Balaban J connectivity index is 1.17. The van der Waals surface area contributed by atoms with E-state index in [1.807, 2.05) is 18.6 Å². The minimum Gasteiger partial charge on any atom is -0.348 e. The van der Waals surface area contributed by atoms with Crippen LogP contribution in [0.2, 0.25) is 0 Å². The molecule has 0 radical (unpaired) electrons. The molecule has 0 amide bonds. The molecule has 0 aromatic carbocycles. The van der Waals surface area contributed by atoms with Gasteiger partial charge in [0.25, 0.3) is 0 Å². The zero-order valence-electron chi connectivity index (χ0n) is 19.2. The van der Waals surface area contributed by atoms with Crippen LogP contribution in [-0.4, -0.2) is 59.7 Å². The largest absolute Gasteiger partial charge is 0.348 e. The van der Waals surface area contributed by atoms with Crippen molar-refractivity contribution in [2.24, 2.45) is 13.0 Å². The number of rotatable bonds is 7. The second kappa shape index (κ2) is 9.50. The van der Waals surface area contributed by atoms with Gasteiger partial charge in [-0.2, -0.15) is 0 Å². The summed E-state index contributed by atoms with van der Waals surface area (Å²) < 4.78 is 2.22. The van der Waals surface area contributed by atoms with Crippen molar-refractivity contribution in [1.29, 1.82) is 0 Å². The molecule has 3 aromatic heterocycles. The minimum absolute atomic E-state index is 0.360. The topological polar surface area (TPSA) is 78.8 Å². The van der Waals surface area contributed by atoms with E-state index in [9.17, 15) is 0 Å². The Bertz CT molecular complexity index is 1000. The van der Waals surface area contributed by atoms with E-state index in [1.165, 1.54) is 30.5 Å². The number of aromatic amines is 1. The van der Waals surface area contributed by atoms with Gasteiger partial charge < -0.3 is 9.55 Å². The van der Waals surface area contributed by atoms with E-state index in [-0.39, 0.29) is 0 Å². The van der Waals surface area contributed by atoms with Crippen molar-refractivity contribution in [3.63, 3.8) is 0 Å². The lowest BCUT2D eigenvalue weighted by molar-refractivity contribution is 0.172. The monoisotopic (exact) mass is 434 g/mol. The van der Waals surface area contributed by atoms with Crippen LogP contribution in [0.4, 0.5) is 0 Å². The number of piperidine rings is 1. The number of hydrogen-bond acceptors (Lipinski definition) is 6. The van der Waals surface area contributed by atoms with Gasteiger partial charge in [-0.25, -0.2) is 4.98 Å². The third-order valence-electron chi connectivity index (χ3n) is 7.25. The average Bonchev–Trinajstić information content (AvgIpc) is 3.45. The zero-order valence-corrected chi connectivity index (χ0v) is 19.2. The van der Waals surface area contributed by atoms with E-state index in [0.717, 1.165) is 62.9 Å². The zero-order chi connectivity index (χ0) is 21.9. The van der Waals surface area contributed by atoms with Gasteiger partial charge in [0.15, 0.2) is 0 Å². The van der Waals surface area contributed by atoms with Crippen LogP contribution in [0.1, 0.15) is 60.5 Å². The Hall–Kier alpha value is -2.58. The highest BCUT2D eigenvalue weighted by atomic mass is 15.3. The molecule has 170 valence electrons. The van der Waals surface area contributed by atoms with E-state index in [1.54, 1.807) is 0 Å². The molecule has 1 aliphatic heterocycles. The van der Waals surface area contributed by atoms with E-state index < -0.39 is 0 Å². The Kier molecular flexibility index (Phi) is 6.32. The lowest BCUT2D eigenvalue weighted by Gasteiger charge is -2.32. The van der Waals surface area contributed by atoms with Crippen molar-refractivity contribution in [2.75, 3.05) is 20.1 Å². The molecule has 8 nitrogen and oxygen atoms in total. The highest BCUT2D eigenvalue weighted by Crippen LogP contribution is 2.32. The van der Waals surface area contributed by atoms with Crippen LogP contribution >= 0.6 is 0 Å². The lowest BCUT2D eigenvalue weighted by Crippen LogP contribution is -2.34. The average molecular weight is 435 g/mol. The predicted octanol–water partition coefficient (Wildman–Crippen LogP) is 2.90. The van der Waals surface area contributed by atoms with Crippen molar-refractivity contribution in [1.82, 2.24) is 39.5 Å². The second-order valence-corrected chi connectivity index (χ2v) is 9.42. The van der Waals surface area contributed by atoms with Crippen LogP contribution < -0.4 is 0 Å². The normalized spacial score (nSPS) is 20.0. The number of hydrogen-bond donors (Lipinski definition) is 1. The maximum atomic E-state index is 4.70. The summed E-state index contributed by atoms with van der Waals surface area (Å²) in [5, 5.41) is 9.14. The standard InChI is InChI=1S/C24H34N8/c1-30(20-7-3-5-19-6-4-10-27-24(19)20)17-23-29-28-22(31(23)2)15-18-8-13-32(14-9-18)16-21-25-11-12-26-21/h4,6,10-12,18,20H,3,5,7-9,13-17H2,1-2H3,(H,25,26). The number of imidazole rings is 1. The second-order valence-electron chi connectivity index (χ2n) is 9.42. The molecule has 0 saturated carbocycles. The van der Waals surface area contributed by atoms with Crippen molar-refractivity contribution >= 4 is 0 Å². The molecular formula is C24H34N8.